The standard InChI is InChI=1S/C18H16FN3O2S.C17H14FN3O3S.C17H14FN3O2S.C16H21N3O3.C15H15N3O3S.C15H19N3O3/c19-12-6-4-11(5-7-12)15-16(22-8-2-1-3-9-22)21-17-13(20-15)10-14(25-17)18(23)24;18-11-3-1-10(2-4-11)14-15(21-5-7-24-8-6-21)20-16-12(19-14)9-13(25-16)17(22)23;18-11-5-3-10(4-6-11)14-15(21-7-1-2-8-21)20-16-12(19-14)9-13(24-16)17(22)23;1-9(2)19(3)14-13(10-6-4-5-7-10)17-11-8-12(16(20)21)22-15(11)18-14;1-8(2)18(3)13-12(11-5-4-6-22-11)16-9-7-10(15(19)20)21-14(9)17-13;1-9(2)12-13(18-6-4-3-5-7-18)17-14-10(16-12)8-11(21-14)15(19)20/h4-7,10H,1-3,8-9H2,(H,23,24);1-4,9H,5-8H2,(H,22,23);3-6,9H,1-2,7-8H2,(H,22,23);8-10H,4-7H2,1-3H3,(H,20,21);4-8H,1-3H3,(H,19,20);8-9H,3-7H2,1-2H3,(H,19,20). The molecule has 0 unspecified atom stereocenters. The maximum absolute atomic E-state index is 13.3. The topological polar surface area (TPSA) is 447 Å². The summed E-state index contributed by atoms with van der Waals surface area (Å²) in [7, 11) is 3.92. The van der Waals surface area contributed by atoms with Crippen LogP contribution in [0, 0.1) is 17.5 Å². The normalized spacial score (nSPS) is 14.5. The number of hydrogen-bond acceptors (Lipinski definition) is 32. The zero-order valence-electron chi connectivity index (χ0n) is 77.1. The van der Waals surface area contributed by atoms with E-state index in [9.17, 15) is 57.3 Å². The minimum absolute atomic E-state index is 0.114. The highest BCUT2D eigenvalue weighted by molar-refractivity contribution is 7.21. The van der Waals surface area contributed by atoms with Gasteiger partial charge in [-0.05, 0) is 200 Å². The molecule has 4 aliphatic heterocycles. The molecule has 0 atom stereocenters. The highest BCUT2D eigenvalue weighted by atomic mass is 32.1. The summed E-state index contributed by atoms with van der Waals surface area (Å²) in [5.74, 6) is -2.50. The molecule has 41 heteroatoms. The van der Waals surface area contributed by atoms with Crippen molar-refractivity contribution in [3.8, 4) is 44.3 Å². The lowest BCUT2D eigenvalue weighted by molar-refractivity contribution is 0.0655. The molecule has 0 amide bonds. The second-order valence-electron chi connectivity index (χ2n) is 34.5. The summed E-state index contributed by atoms with van der Waals surface area (Å²) in [6.45, 7) is 20.5. The van der Waals surface area contributed by atoms with Crippen molar-refractivity contribution in [2.24, 2.45) is 0 Å². The molecule has 0 bridgehead atoms. The Kier molecular flexibility index (Phi) is 30.4. The number of halogens is 3. The van der Waals surface area contributed by atoms with E-state index in [0.717, 1.165) is 187 Å². The Labute approximate surface area is 809 Å². The van der Waals surface area contributed by atoms with Crippen molar-refractivity contribution in [3.63, 3.8) is 0 Å². The number of nitrogens with zero attached hydrogens (tertiary/aromatic N) is 18. The minimum Gasteiger partial charge on any atom is -0.477 e. The van der Waals surface area contributed by atoms with Crippen molar-refractivity contribution >= 4 is 181 Å². The highest BCUT2D eigenvalue weighted by Crippen LogP contribution is 2.43. The fraction of sp³-hybridized carbons (Fsp3) is 0.347. The number of thiophene rings is 4. The van der Waals surface area contributed by atoms with Gasteiger partial charge in [-0.3, -0.25) is 0 Å². The molecular formula is C98H99F3N18O16S4. The molecule has 722 valence electrons. The Bertz CT molecular complexity index is 6970. The quantitative estimate of drug-likeness (QED) is 0.0413. The molecule has 21 rings (SSSR count). The smallest absolute Gasteiger partial charge is 0.371 e. The van der Waals surface area contributed by atoms with Crippen molar-refractivity contribution < 1.29 is 90.6 Å². The number of carboxylic acids is 6. The Hall–Kier alpha value is -14.3. The van der Waals surface area contributed by atoms with Gasteiger partial charge in [-0.2, -0.15) is 15.0 Å². The number of fused-ring (bicyclic) bond motifs is 6. The molecule has 13 aromatic heterocycles. The van der Waals surface area contributed by atoms with Gasteiger partial charge in [-0.25, -0.2) is 86.8 Å². The van der Waals surface area contributed by atoms with Gasteiger partial charge in [0, 0.05) is 119 Å². The summed E-state index contributed by atoms with van der Waals surface area (Å²) in [4.78, 5) is 138. The molecule has 5 fully saturated rings. The summed E-state index contributed by atoms with van der Waals surface area (Å²) in [6.07, 6.45) is 13.7. The van der Waals surface area contributed by atoms with Gasteiger partial charge in [0.05, 0.1) is 29.5 Å². The summed E-state index contributed by atoms with van der Waals surface area (Å²) in [5.41, 5.74) is 10.8. The molecule has 34 nitrogen and oxygen atoms in total. The van der Waals surface area contributed by atoms with E-state index in [4.69, 9.17) is 43.3 Å². The van der Waals surface area contributed by atoms with Crippen LogP contribution in [0.1, 0.15) is 202 Å². The van der Waals surface area contributed by atoms with Crippen LogP contribution in [0.3, 0.4) is 0 Å². The van der Waals surface area contributed by atoms with Crippen molar-refractivity contribution in [3.05, 3.63) is 187 Å². The van der Waals surface area contributed by atoms with E-state index < -0.39 is 35.8 Å². The monoisotopic (exact) mass is 1970 g/mol. The molecule has 17 heterocycles. The van der Waals surface area contributed by atoms with Gasteiger partial charge in [0.1, 0.15) is 102 Å². The third kappa shape index (κ3) is 22.6. The maximum atomic E-state index is 13.3. The SMILES string of the molecule is CC(C)N(C)c1nc2oc(C(=O)O)cc2nc1-c1cccs1.CC(C)N(C)c1nc2oc(C(=O)O)cc2nc1C1CCCC1.CC(C)c1nc2cc(C(=O)O)oc2nc1N1CCCCC1.O=C(O)c1cc2nc(-c3ccc(F)cc3)c(N3CCCC3)nc2s1.O=C(O)c1cc2nc(-c3ccc(F)cc3)c(N3CCCCC3)nc2s1.O=C(O)c1cc2nc(-c3ccc(F)cc3)c(N3CCOCC3)nc2s1. The maximum Gasteiger partial charge on any atom is 0.371 e. The molecule has 0 radical (unpaired) electrons. The van der Waals surface area contributed by atoms with E-state index in [1.54, 1.807) is 53.8 Å². The first-order valence-electron chi connectivity index (χ1n) is 45.5. The number of ether oxygens (including phenoxy) is 1. The van der Waals surface area contributed by atoms with Gasteiger partial charge >= 0.3 is 35.8 Å². The Morgan fingerprint density at radius 3 is 1.09 bits per heavy atom. The summed E-state index contributed by atoms with van der Waals surface area (Å²) in [6, 6.07) is 31.7. The lowest BCUT2D eigenvalue weighted by Gasteiger charge is -2.29. The number of carbonyl (C=O) groups is 6. The molecule has 1 aliphatic carbocycles. The third-order valence-electron chi connectivity index (χ3n) is 24.0. The van der Waals surface area contributed by atoms with Gasteiger partial charge in [0.2, 0.25) is 34.4 Å². The minimum atomic E-state index is -1.13. The average molecular weight is 1970 g/mol. The lowest BCUT2D eigenvalue weighted by atomic mass is 10.0. The number of aromatic carboxylic acids is 6. The fourth-order valence-corrected chi connectivity index (χ4v) is 19.5. The molecule has 4 saturated heterocycles. The Morgan fingerprint density at radius 2 is 0.719 bits per heavy atom. The summed E-state index contributed by atoms with van der Waals surface area (Å²) < 4.78 is 61.1. The van der Waals surface area contributed by atoms with Gasteiger partial charge < -0.3 is 78.0 Å². The molecular weight excluding hydrogens is 1870 g/mol. The molecule has 5 aliphatic rings. The van der Waals surface area contributed by atoms with Gasteiger partial charge in [-0.15, -0.1) is 45.3 Å². The number of aromatic nitrogens is 12. The molecule has 6 N–H and O–H groups in total. The summed E-state index contributed by atoms with van der Waals surface area (Å²) >= 11 is 4.92. The first kappa shape index (κ1) is 97.8. The largest absolute Gasteiger partial charge is 0.477 e. The predicted octanol–water partition coefficient (Wildman–Crippen LogP) is 21.0. The van der Waals surface area contributed by atoms with Crippen LogP contribution in [0.15, 0.2) is 140 Å². The zero-order valence-corrected chi connectivity index (χ0v) is 80.3. The number of rotatable bonds is 20. The van der Waals surface area contributed by atoms with Crippen molar-refractivity contribution in [1.29, 1.82) is 0 Å². The second kappa shape index (κ2) is 43.2. The van der Waals surface area contributed by atoms with Gasteiger partial charge in [0.15, 0.2) is 34.9 Å². The van der Waals surface area contributed by atoms with E-state index in [1.165, 1.54) is 92.4 Å². The predicted molar refractivity (Wildman–Crippen MR) is 528 cm³/mol. The van der Waals surface area contributed by atoms with E-state index in [0.29, 0.717) is 120 Å². The molecule has 3 aromatic carbocycles. The number of piperidine rings is 2. The fourth-order valence-electron chi connectivity index (χ4n) is 16.4. The van der Waals surface area contributed by atoms with Crippen LogP contribution in [-0.2, 0) is 4.74 Å². The highest BCUT2D eigenvalue weighted by Gasteiger charge is 2.32. The zero-order chi connectivity index (χ0) is 98.1. The van der Waals surface area contributed by atoms with Crippen LogP contribution in [0.5, 0.6) is 0 Å². The molecule has 16 aromatic rings. The first-order chi connectivity index (χ1) is 66.8. The van der Waals surface area contributed by atoms with Crippen molar-refractivity contribution in [2.75, 3.05) is 109 Å². The van der Waals surface area contributed by atoms with E-state index >= 15 is 0 Å². The number of benzene rings is 3. The van der Waals surface area contributed by atoms with E-state index in [2.05, 4.69) is 116 Å². The van der Waals surface area contributed by atoms with Crippen LogP contribution >= 0.6 is 45.3 Å². The molecule has 0 spiro atoms. The van der Waals surface area contributed by atoms with Gasteiger partial charge in [-0.1, -0.05) is 32.8 Å². The average Bonchev–Trinajstić information content (AvgIpc) is 1.66. The number of furan rings is 3. The van der Waals surface area contributed by atoms with Crippen LogP contribution in [-0.4, -0.2) is 218 Å². The molecule has 1 saturated carbocycles. The Balaban J connectivity index is 0.000000121. The van der Waals surface area contributed by atoms with Crippen LogP contribution < -0.4 is 29.4 Å². The van der Waals surface area contributed by atoms with E-state index in [-0.39, 0.29) is 73.1 Å². The Morgan fingerprint density at radius 1 is 0.374 bits per heavy atom. The van der Waals surface area contributed by atoms with Gasteiger partial charge in [0.25, 0.3) is 0 Å². The first-order valence-corrected chi connectivity index (χ1v) is 48.8. The van der Waals surface area contributed by atoms with Crippen LogP contribution in [0.4, 0.5) is 48.1 Å². The number of morpholine rings is 1. The molecule has 139 heavy (non-hydrogen) atoms. The number of hydrogen-bond donors (Lipinski definition) is 6. The van der Waals surface area contributed by atoms with Crippen LogP contribution in [0.2, 0.25) is 0 Å². The van der Waals surface area contributed by atoms with Crippen molar-refractivity contribution in [2.45, 2.75) is 143 Å². The summed E-state index contributed by atoms with van der Waals surface area (Å²) in [5, 5.41) is 56.7. The lowest BCUT2D eigenvalue weighted by Crippen LogP contribution is -2.37. The third-order valence-corrected chi connectivity index (χ3v) is 27.9. The number of anilines is 6. The van der Waals surface area contributed by atoms with Crippen molar-refractivity contribution in [1.82, 2.24) is 59.8 Å². The second-order valence-corrected chi connectivity index (χ2v) is 38.6. The van der Waals surface area contributed by atoms with E-state index in [1.807, 2.05) is 36.5 Å². The number of carboxylic acid groups (broad SMARTS) is 6. The van der Waals surface area contributed by atoms with Crippen LogP contribution in [0.25, 0.3) is 109 Å².